The number of aliphatic hydroxyl groups is 5. The van der Waals surface area contributed by atoms with Crippen LogP contribution in [-0.4, -0.2) is 99.6 Å². The van der Waals surface area contributed by atoms with Gasteiger partial charge in [0.2, 0.25) is 5.91 Å². The van der Waals surface area contributed by atoms with Crippen molar-refractivity contribution in [3.8, 4) is 0 Å². The molecule has 1 saturated heterocycles. The Labute approximate surface area is 407 Å². The van der Waals surface area contributed by atoms with E-state index in [-0.39, 0.29) is 19.4 Å². The van der Waals surface area contributed by atoms with Gasteiger partial charge in [0.05, 0.1) is 25.4 Å². The smallest absolute Gasteiger partial charge is 0.306 e. The molecular formula is C56H97NO10. The van der Waals surface area contributed by atoms with E-state index in [1.165, 1.54) is 96.3 Å². The molecule has 67 heavy (non-hydrogen) atoms. The van der Waals surface area contributed by atoms with Crippen LogP contribution in [0.4, 0.5) is 0 Å². The van der Waals surface area contributed by atoms with Crippen LogP contribution in [0.5, 0.6) is 0 Å². The van der Waals surface area contributed by atoms with Gasteiger partial charge in [0.1, 0.15) is 24.4 Å². The van der Waals surface area contributed by atoms with Gasteiger partial charge in [-0.2, -0.15) is 0 Å². The first-order valence-corrected chi connectivity index (χ1v) is 26.8. The van der Waals surface area contributed by atoms with Crippen molar-refractivity contribution in [3.63, 3.8) is 0 Å². The van der Waals surface area contributed by atoms with Crippen LogP contribution in [0.3, 0.4) is 0 Å². The molecule has 0 aromatic rings. The van der Waals surface area contributed by atoms with E-state index in [1.807, 2.05) is 54.7 Å². The number of hydrogen-bond acceptors (Lipinski definition) is 10. The number of nitrogens with one attached hydrogen (secondary N) is 1. The maximum absolute atomic E-state index is 13.3. The van der Waals surface area contributed by atoms with Gasteiger partial charge in [0, 0.05) is 6.42 Å². The normalized spacial score (nSPS) is 20.6. The van der Waals surface area contributed by atoms with Gasteiger partial charge < -0.3 is 45.1 Å². The summed E-state index contributed by atoms with van der Waals surface area (Å²) < 4.78 is 17.5. The Morgan fingerprint density at radius 1 is 0.597 bits per heavy atom. The summed E-state index contributed by atoms with van der Waals surface area (Å²) in [6.07, 6.45) is 43.8. The molecule has 8 unspecified atom stereocenters. The van der Waals surface area contributed by atoms with Crippen molar-refractivity contribution < 1.29 is 49.3 Å². The van der Waals surface area contributed by atoms with Crippen molar-refractivity contribution >= 4 is 11.9 Å². The minimum Gasteiger partial charge on any atom is -0.454 e. The average Bonchev–Trinajstić information content (AvgIpc) is 3.32. The van der Waals surface area contributed by atoms with Gasteiger partial charge in [-0.3, -0.25) is 9.59 Å². The van der Waals surface area contributed by atoms with Crippen molar-refractivity contribution in [2.24, 2.45) is 0 Å². The van der Waals surface area contributed by atoms with E-state index < -0.39 is 67.4 Å². The van der Waals surface area contributed by atoms with E-state index in [4.69, 9.17) is 14.2 Å². The maximum atomic E-state index is 13.3. The van der Waals surface area contributed by atoms with E-state index in [0.29, 0.717) is 12.8 Å². The summed E-state index contributed by atoms with van der Waals surface area (Å²) in [7, 11) is 0. The molecule has 6 N–H and O–H groups in total. The number of unbranched alkanes of at least 4 members (excludes halogenated alkanes) is 23. The predicted molar refractivity (Wildman–Crippen MR) is 273 cm³/mol. The molecule has 11 heteroatoms. The predicted octanol–water partition coefficient (Wildman–Crippen LogP) is 11.3. The van der Waals surface area contributed by atoms with Crippen LogP contribution in [0.25, 0.3) is 0 Å². The quantitative estimate of drug-likeness (QED) is 0.0149. The summed E-state index contributed by atoms with van der Waals surface area (Å²) in [5.41, 5.74) is 0. The fraction of sp³-hybridized carbons (Fsp3) is 0.750. The molecule has 0 aliphatic carbocycles. The zero-order valence-corrected chi connectivity index (χ0v) is 42.2. The van der Waals surface area contributed by atoms with Gasteiger partial charge >= 0.3 is 5.97 Å². The maximum Gasteiger partial charge on any atom is 0.306 e. The summed E-state index contributed by atoms with van der Waals surface area (Å²) in [4.78, 5) is 26.3. The van der Waals surface area contributed by atoms with Crippen LogP contribution < -0.4 is 5.32 Å². The molecule has 1 heterocycles. The third kappa shape index (κ3) is 33.3. The van der Waals surface area contributed by atoms with Crippen molar-refractivity contribution in [2.75, 3.05) is 13.2 Å². The second-order valence-corrected chi connectivity index (χ2v) is 18.4. The molecule has 1 amide bonds. The van der Waals surface area contributed by atoms with E-state index in [1.54, 1.807) is 6.08 Å². The number of allylic oxidation sites excluding steroid dienone is 11. The highest BCUT2D eigenvalue weighted by Crippen LogP contribution is 2.26. The third-order valence-electron chi connectivity index (χ3n) is 12.3. The number of rotatable bonds is 43. The SMILES string of the molecule is CC/C=C/C=C/C=C\C=C/C=C/CCCCCC(=O)OC1C(OCC(NC(=O)C(O)CCCCCCCCCCCC)C(O)/C=C/CCCCCCCCCCCCC)OC(CO)C(O)C1O. The highest BCUT2D eigenvalue weighted by atomic mass is 16.7. The number of hydrogen-bond donors (Lipinski definition) is 6. The number of aliphatic hydroxyl groups excluding tert-OH is 5. The number of ether oxygens (including phenoxy) is 3. The zero-order chi connectivity index (χ0) is 49.0. The lowest BCUT2D eigenvalue weighted by atomic mass is 9.99. The third-order valence-corrected chi connectivity index (χ3v) is 12.3. The first kappa shape index (κ1) is 62.1. The van der Waals surface area contributed by atoms with E-state index in [2.05, 4.69) is 38.2 Å². The van der Waals surface area contributed by atoms with Crippen LogP contribution >= 0.6 is 0 Å². The Balaban J connectivity index is 2.81. The molecule has 0 aromatic heterocycles. The van der Waals surface area contributed by atoms with Gasteiger partial charge in [-0.25, -0.2) is 0 Å². The fourth-order valence-corrected chi connectivity index (χ4v) is 7.96. The van der Waals surface area contributed by atoms with Crippen molar-refractivity contribution in [1.29, 1.82) is 0 Å². The molecule has 0 bridgehead atoms. The van der Waals surface area contributed by atoms with Gasteiger partial charge in [-0.15, -0.1) is 0 Å². The van der Waals surface area contributed by atoms with Crippen LogP contribution in [-0.2, 0) is 23.8 Å². The number of carbonyl (C=O) groups excluding carboxylic acids is 2. The van der Waals surface area contributed by atoms with Crippen LogP contribution in [0, 0.1) is 0 Å². The zero-order valence-electron chi connectivity index (χ0n) is 42.2. The Morgan fingerprint density at radius 2 is 1.07 bits per heavy atom. The Bertz CT molecular complexity index is 1360. The molecule has 0 saturated carbocycles. The van der Waals surface area contributed by atoms with Crippen molar-refractivity contribution in [3.05, 3.63) is 72.9 Å². The van der Waals surface area contributed by atoms with E-state index >= 15 is 0 Å². The van der Waals surface area contributed by atoms with E-state index in [9.17, 15) is 35.1 Å². The standard InChI is InChI=1S/C56H97NO10/c1-4-7-10-13-16-19-22-24-25-27-29-32-35-38-41-44-51(61)67-54-53(63)52(62)50(45-58)66-56(54)65-46-47(48(59)42-39-36-33-31-28-26-23-20-17-14-11-8-5-2)57-55(64)49(60)43-40-37-34-30-21-18-15-12-9-6-3/h7,10,13,16,19,22,24-25,27,29,39,42,47-50,52-54,56,58-60,62-63H,4-6,8-9,11-12,14-15,17-18,20-21,23,26,28,30-38,40-41,43-46H2,1-3H3,(H,57,64)/b10-7+,16-13+,22-19-,25-24-,29-27+,42-39+. The summed E-state index contributed by atoms with van der Waals surface area (Å²) in [6.45, 7) is 5.58. The lowest BCUT2D eigenvalue weighted by molar-refractivity contribution is -0.305. The molecule has 1 fully saturated rings. The lowest BCUT2D eigenvalue weighted by Crippen LogP contribution is -2.61. The first-order valence-electron chi connectivity index (χ1n) is 26.8. The Kier molecular flexibility index (Phi) is 41.1. The first-order chi connectivity index (χ1) is 32.7. The highest BCUT2D eigenvalue weighted by molar-refractivity contribution is 5.80. The topological polar surface area (TPSA) is 175 Å². The Morgan fingerprint density at radius 3 is 1.61 bits per heavy atom. The van der Waals surface area contributed by atoms with Crippen LogP contribution in [0.15, 0.2) is 72.9 Å². The fourth-order valence-electron chi connectivity index (χ4n) is 7.96. The molecule has 0 aromatic carbocycles. The Hall–Kier alpha value is -2.90. The second-order valence-electron chi connectivity index (χ2n) is 18.4. The lowest BCUT2D eigenvalue weighted by Gasteiger charge is -2.41. The van der Waals surface area contributed by atoms with Gasteiger partial charge in [-0.1, -0.05) is 229 Å². The van der Waals surface area contributed by atoms with Gasteiger partial charge in [-0.05, 0) is 44.9 Å². The summed E-state index contributed by atoms with van der Waals surface area (Å²) in [5.74, 6) is -1.24. The summed E-state index contributed by atoms with van der Waals surface area (Å²) in [5, 5.41) is 56.6. The number of esters is 1. The molecule has 0 spiro atoms. The second kappa shape index (κ2) is 44.3. The summed E-state index contributed by atoms with van der Waals surface area (Å²) in [6, 6.07) is -1.03. The molecule has 1 aliphatic heterocycles. The number of carbonyl (C=O) groups is 2. The number of amides is 1. The summed E-state index contributed by atoms with van der Waals surface area (Å²) >= 11 is 0. The van der Waals surface area contributed by atoms with Crippen LogP contribution in [0.2, 0.25) is 0 Å². The minimum atomic E-state index is -1.63. The van der Waals surface area contributed by atoms with Crippen molar-refractivity contribution in [2.45, 2.75) is 256 Å². The molecular weight excluding hydrogens is 847 g/mol. The average molecular weight is 944 g/mol. The van der Waals surface area contributed by atoms with Crippen molar-refractivity contribution in [1.82, 2.24) is 5.32 Å². The molecule has 11 nitrogen and oxygen atoms in total. The minimum absolute atomic E-state index is 0.0725. The molecule has 1 aliphatic rings. The molecule has 1 rings (SSSR count). The molecule has 0 radical (unpaired) electrons. The van der Waals surface area contributed by atoms with Gasteiger partial charge in [0.25, 0.3) is 0 Å². The molecule has 386 valence electrons. The highest BCUT2D eigenvalue weighted by Gasteiger charge is 2.47. The molecule has 8 atom stereocenters. The largest absolute Gasteiger partial charge is 0.454 e. The van der Waals surface area contributed by atoms with E-state index in [0.717, 1.165) is 64.2 Å². The van der Waals surface area contributed by atoms with Gasteiger partial charge in [0.15, 0.2) is 12.4 Å². The monoisotopic (exact) mass is 944 g/mol. The van der Waals surface area contributed by atoms with Crippen LogP contribution in [0.1, 0.15) is 207 Å².